The topological polar surface area (TPSA) is 99.9 Å². The maximum absolute atomic E-state index is 11.0. The van der Waals surface area contributed by atoms with E-state index < -0.39 is 4.92 Å². The quantitative estimate of drug-likeness (QED) is 0.590. The standard InChI is InChI=1S/C16H15N5O2/c1-11-4-2-5-12(8-11)16-15(10-17)18-19-20(16)13-6-3-7-14(9-13)21(22)23/h2-9H,10,17H2,1H3. The molecule has 0 aliphatic heterocycles. The number of aromatic nitrogens is 3. The first kappa shape index (κ1) is 14.9. The van der Waals surface area contributed by atoms with Gasteiger partial charge in [-0.2, -0.15) is 0 Å². The van der Waals surface area contributed by atoms with Gasteiger partial charge in [-0.15, -0.1) is 5.10 Å². The summed E-state index contributed by atoms with van der Waals surface area (Å²) in [5.41, 5.74) is 9.75. The number of nitrogens with two attached hydrogens (primary N) is 1. The van der Waals surface area contributed by atoms with Crippen molar-refractivity contribution in [3.63, 3.8) is 0 Å². The Morgan fingerprint density at radius 1 is 1.22 bits per heavy atom. The second-order valence-electron chi connectivity index (χ2n) is 5.15. The summed E-state index contributed by atoms with van der Waals surface area (Å²) in [5.74, 6) is 0. The summed E-state index contributed by atoms with van der Waals surface area (Å²) in [6.07, 6.45) is 0. The molecule has 7 nitrogen and oxygen atoms in total. The van der Waals surface area contributed by atoms with Crippen LogP contribution in [0.1, 0.15) is 11.3 Å². The van der Waals surface area contributed by atoms with E-state index in [1.165, 1.54) is 12.1 Å². The van der Waals surface area contributed by atoms with Crippen molar-refractivity contribution in [1.82, 2.24) is 15.0 Å². The van der Waals surface area contributed by atoms with Crippen LogP contribution in [0.2, 0.25) is 0 Å². The van der Waals surface area contributed by atoms with Crippen LogP contribution < -0.4 is 5.73 Å². The van der Waals surface area contributed by atoms with Crippen LogP contribution in [0.3, 0.4) is 0 Å². The third-order valence-corrected chi connectivity index (χ3v) is 3.51. The Balaban J connectivity index is 2.20. The molecule has 0 spiro atoms. The Labute approximate surface area is 132 Å². The van der Waals surface area contributed by atoms with Crippen molar-refractivity contribution in [3.8, 4) is 16.9 Å². The van der Waals surface area contributed by atoms with E-state index in [2.05, 4.69) is 10.3 Å². The molecule has 0 atom stereocenters. The Morgan fingerprint density at radius 2 is 2.00 bits per heavy atom. The van der Waals surface area contributed by atoms with E-state index in [0.717, 1.165) is 16.8 Å². The number of nitro groups is 1. The molecule has 0 saturated carbocycles. The predicted octanol–water partition coefficient (Wildman–Crippen LogP) is 2.61. The molecular weight excluding hydrogens is 294 g/mol. The molecule has 3 rings (SSSR count). The lowest BCUT2D eigenvalue weighted by atomic mass is 10.1. The molecule has 0 amide bonds. The van der Waals surface area contributed by atoms with E-state index in [1.807, 2.05) is 31.2 Å². The molecule has 2 aromatic carbocycles. The second-order valence-corrected chi connectivity index (χ2v) is 5.15. The molecule has 23 heavy (non-hydrogen) atoms. The van der Waals surface area contributed by atoms with Crippen LogP contribution >= 0.6 is 0 Å². The fourth-order valence-electron chi connectivity index (χ4n) is 2.45. The molecule has 0 bridgehead atoms. The summed E-state index contributed by atoms with van der Waals surface area (Å²) in [7, 11) is 0. The number of rotatable bonds is 4. The van der Waals surface area contributed by atoms with Crippen molar-refractivity contribution in [2.75, 3.05) is 0 Å². The number of non-ortho nitro benzene ring substituents is 1. The van der Waals surface area contributed by atoms with Crippen molar-refractivity contribution >= 4 is 5.69 Å². The largest absolute Gasteiger partial charge is 0.325 e. The Kier molecular flexibility index (Phi) is 3.86. The van der Waals surface area contributed by atoms with Crippen LogP contribution in [0, 0.1) is 17.0 Å². The van der Waals surface area contributed by atoms with Crippen LogP contribution in [0.4, 0.5) is 5.69 Å². The molecule has 0 aliphatic carbocycles. The van der Waals surface area contributed by atoms with Crippen molar-refractivity contribution < 1.29 is 4.92 Å². The molecule has 1 aromatic heterocycles. The highest BCUT2D eigenvalue weighted by molar-refractivity contribution is 5.65. The molecule has 0 aliphatic rings. The van der Waals surface area contributed by atoms with Crippen LogP contribution in [-0.4, -0.2) is 19.9 Å². The lowest BCUT2D eigenvalue weighted by Gasteiger charge is -2.08. The van der Waals surface area contributed by atoms with Crippen LogP contribution in [-0.2, 0) is 6.54 Å². The second kappa shape index (κ2) is 5.98. The third kappa shape index (κ3) is 2.82. The van der Waals surface area contributed by atoms with Crippen molar-refractivity contribution in [3.05, 3.63) is 69.9 Å². The first-order valence-corrected chi connectivity index (χ1v) is 7.06. The van der Waals surface area contributed by atoms with E-state index in [4.69, 9.17) is 5.73 Å². The highest BCUT2D eigenvalue weighted by atomic mass is 16.6. The summed E-state index contributed by atoms with van der Waals surface area (Å²) in [4.78, 5) is 10.6. The van der Waals surface area contributed by atoms with Gasteiger partial charge in [0.15, 0.2) is 0 Å². The zero-order valence-electron chi connectivity index (χ0n) is 12.5. The number of nitro benzene ring substituents is 1. The first-order valence-electron chi connectivity index (χ1n) is 7.06. The Hall–Kier alpha value is -3.06. The van der Waals surface area contributed by atoms with Crippen LogP contribution in [0.25, 0.3) is 16.9 Å². The predicted molar refractivity (Wildman–Crippen MR) is 86.1 cm³/mol. The van der Waals surface area contributed by atoms with E-state index >= 15 is 0 Å². The van der Waals surface area contributed by atoms with Gasteiger partial charge < -0.3 is 5.73 Å². The van der Waals surface area contributed by atoms with E-state index in [9.17, 15) is 10.1 Å². The average Bonchev–Trinajstić information content (AvgIpc) is 2.99. The van der Waals surface area contributed by atoms with Gasteiger partial charge in [-0.25, -0.2) is 4.68 Å². The zero-order chi connectivity index (χ0) is 16.4. The van der Waals surface area contributed by atoms with Gasteiger partial charge >= 0.3 is 0 Å². The number of benzene rings is 2. The summed E-state index contributed by atoms with van der Waals surface area (Å²) in [6.45, 7) is 2.23. The molecule has 3 aromatic rings. The highest BCUT2D eigenvalue weighted by Gasteiger charge is 2.17. The van der Waals surface area contributed by atoms with Gasteiger partial charge in [0.05, 0.1) is 16.3 Å². The van der Waals surface area contributed by atoms with Gasteiger partial charge in [0.1, 0.15) is 5.69 Å². The first-order chi connectivity index (χ1) is 11.1. The Bertz CT molecular complexity index is 872. The highest BCUT2D eigenvalue weighted by Crippen LogP contribution is 2.27. The molecule has 7 heteroatoms. The van der Waals surface area contributed by atoms with Crippen molar-refractivity contribution in [2.24, 2.45) is 5.73 Å². The fraction of sp³-hybridized carbons (Fsp3) is 0.125. The van der Waals surface area contributed by atoms with Crippen LogP contribution in [0.15, 0.2) is 48.5 Å². The Morgan fingerprint density at radius 3 is 2.70 bits per heavy atom. The van der Waals surface area contributed by atoms with Crippen molar-refractivity contribution in [1.29, 1.82) is 0 Å². The minimum absolute atomic E-state index is 0.00231. The SMILES string of the molecule is Cc1cccc(-c2c(CN)nnn2-c2cccc([N+](=O)[O-])c2)c1. The maximum atomic E-state index is 11.0. The summed E-state index contributed by atoms with van der Waals surface area (Å²) >= 11 is 0. The van der Waals surface area contributed by atoms with E-state index in [1.54, 1.807) is 16.8 Å². The summed E-state index contributed by atoms with van der Waals surface area (Å²) in [6, 6.07) is 14.2. The lowest BCUT2D eigenvalue weighted by Crippen LogP contribution is -2.03. The van der Waals surface area contributed by atoms with Gasteiger partial charge in [-0.1, -0.05) is 35.0 Å². The minimum atomic E-state index is -0.434. The smallest absolute Gasteiger partial charge is 0.271 e. The lowest BCUT2D eigenvalue weighted by molar-refractivity contribution is -0.384. The molecule has 0 fully saturated rings. The third-order valence-electron chi connectivity index (χ3n) is 3.51. The van der Waals surface area contributed by atoms with Gasteiger partial charge in [-0.05, 0) is 19.1 Å². The average molecular weight is 309 g/mol. The van der Waals surface area contributed by atoms with Gasteiger partial charge in [0, 0.05) is 24.2 Å². The van der Waals surface area contributed by atoms with Gasteiger partial charge in [0.25, 0.3) is 5.69 Å². The van der Waals surface area contributed by atoms with Crippen molar-refractivity contribution in [2.45, 2.75) is 13.5 Å². The monoisotopic (exact) mass is 309 g/mol. The normalized spacial score (nSPS) is 10.7. The zero-order valence-corrected chi connectivity index (χ0v) is 12.5. The van der Waals surface area contributed by atoms with Crippen LogP contribution in [0.5, 0.6) is 0 Å². The number of hydrogen-bond donors (Lipinski definition) is 1. The molecule has 0 unspecified atom stereocenters. The number of aryl methyl sites for hydroxylation is 1. The van der Waals surface area contributed by atoms with E-state index in [0.29, 0.717) is 11.4 Å². The minimum Gasteiger partial charge on any atom is -0.325 e. The van der Waals surface area contributed by atoms with E-state index in [-0.39, 0.29) is 12.2 Å². The van der Waals surface area contributed by atoms with Gasteiger partial charge in [0.2, 0.25) is 0 Å². The summed E-state index contributed by atoms with van der Waals surface area (Å²) < 4.78 is 1.59. The summed E-state index contributed by atoms with van der Waals surface area (Å²) in [5, 5.41) is 19.2. The molecule has 2 N–H and O–H groups in total. The fourth-order valence-corrected chi connectivity index (χ4v) is 2.45. The maximum Gasteiger partial charge on any atom is 0.271 e. The van der Waals surface area contributed by atoms with Gasteiger partial charge in [-0.3, -0.25) is 10.1 Å². The molecule has 0 saturated heterocycles. The molecular formula is C16H15N5O2. The molecule has 1 heterocycles. The molecule has 116 valence electrons. The number of nitrogens with zero attached hydrogens (tertiary/aromatic N) is 4. The number of hydrogen-bond acceptors (Lipinski definition) is 5. The molecule has 0 radical (unpaired) electrons.